The number of carboxylic acids is 1. The molecule has 2 amide bonds. The van der Waals surface area contributed by atoms with E-state index in [1.54, 1.807) is 4.90 Å². The molecule has 1 unspecified atom stereocenters. The molecule has 178 valence electrons. The van der Waals surface area contributed by atoms with E-state index in [0.29, 0.717) is 36.5 Å². The predicted molar refractivity (Wildman–Crippen MR) is 134 cm³/mol. The van der Waals surface area contributed by atoms with Crippen LogP contribution in [-0.4, -0.2) is 40.6 Å². The number of hydrogen-bond acceptors (Lipinski definition) is 5. The fourth-order valence-corrected chi connectivity index (χ4v) is 6.36. The molecule has 1 aromatic carbocycles. The number of nitrogens with one attached hydrogen (secondary N) is 1. The third-order valence-corrected chi connectivity index (χ3v) is 7.57. The van der Waals surface area contributed by atoms with Crippen LogP contribution >= 0.6 is 23.1 Å². The van der Waals surface area contributed by atoms with Crippen LogP contribution in [0.15, 0.2) is 29.2 Å². The van der Waals surface area contributed by atoms with Crippen molar-refractivity contribution in [3.8, 4) is 0 Å². The highest BCUT2D eigenvalue weighted by atomic mass is 32.2. The van der Waals surface area contributed by atoms with Crippen molar-refractivity contribution < 1.29 is 19.5 Å². The minimum absolute atomic E-state index is 0.0579. The van der Waals surface area contributed by atoms with Gasteiger partial charge in [0, 0.05) is 22.7 Å². The van der Waals surface area contributed by atoms with Gasteiger partial charge in [0.05, 0.1) is 17.7 Å². The lowest BCUT2D eigenvalue weighted by Crippen LogP contribution is -2.36. The summed E-state index contributed by atoms with van der Waals surface area (Å²) >= 11 is 2.80. The maximum absolute atomic E-state index is 13.2. The molecule has 6 nitrogen and oxygen atoms in total. The molecular formula is C25H32N2O4S2. The summed E-state index contributed by atoms with van der Waals surface area (Å²) in [6.07, 6.45) is 3.64. The average Bonchev–Trinajstić information content (AvgIpc) is 3.08. The van der Waals surface area contributed by atoms with Gasteiger partial charge in [-0.05, 0) is 48.1 Å². The number of benzene rings is 1. The normalized spacial score (nSPS) is 14.5. The Morgan fingerprint density at radius 3 is 2.58 bits per heavy atom. The summed E-state index contributed by atoms with van der Waals surface area (Å²) in [5.41, 5.74) is 1.68. The summed E-state index contributed by atoms with van der Waals surface area (Å²) in [5.74, 6) is -1.08. The van der Waals surface area contributed by atoms with Crippen molar-refractivity contribution in [3.05, 3.63) is 45.8 Å². The lowest BCUT2D eigenvalue weighted by molar-refractivity contribution is -0.117. The first-order chi connectivity index (χ1) is 15.5. The second-order valence-electron chi connectivity index (χ2n) is 9.81. The molecule has 2 aromatic rings. The SMILES string of the molecule is CSc1ccccc1C(=O)N1CCc2c(sc(NC(=O)CC(C)CC(C)(C)C)c2C(=O)O)C1. The largest absolute Gasteiger partial charge is 0.478 e. The first-order valence-corrected chi connectivity index (χ1v) is 13.1. The second kappa shape index (κ2) is 10.3. The third-order valence-electron chi connectivity index (χ3n) is 5.64. The first kappa shape index (κ1) is 25.3. The van der Waals surface area contributed by atoms with Crippen molar-refractivity contribution in [3.63, 3.8) is 0 Å². The number of carboxylic acid groups (broad SMARTS) is 1. The van der Waals surface area contributed by atoms with Crippen LogP contribution in [0, 0.1) is 11.3 Å². The van der Waals surface area contributed by atoms with Crippen molar-refractivity contribution in [2.75, 3.05) is 18.1 Å². The van der Waals surface area contributed by atoms with Crippen molar-refractivity contribution in [1.29, 1.82) is 0 Å². The van der Waals surface area contributed by atoms with Gasteiger partial charge < -0.3 is 15.3 Å². The van der Waals surface area contributed by atoms with Gasteiger partial charge in [0.2, 0.25) is 5.91 Å². The highest BCUT2D eigenvalue weighted by Crippen LogP contribution is 2.38. The van der Waals surface area contributed by atoms with Gasteiger partial charge in [-0.1, -0.05) is 39.8 Å². The molecule has 3 rings (SSSR count). The Bertz CT molecular complexity index is 1060. The number of amides is 2. The monoisotopic (exact) mass is 488 g/mol. The molecule has 0 saturated carbocycles. The summed E-state index contributed by atoms with van der Waals surface area (Å²) < 4.78 is 0. The number of thioether (sulfide) groups is 1. The Labute approximate surface area is 203 Å². The highest BCUT2D eigenvalue weighted by molar-refractivity contribution is 7.98. The molecule has 0 bridgehead atoms. The van der Waals surface area contributed by atoms with E-state index >= 15 is 0 Å². The maximum Gasteiger partial charge on any atom is 0.339 e. The van der Waals surface area contributed by atoms with E-state index in [-0.39, 0.29) is 28.7 Å². The van der Waals surface area contributed by atoms with Gasteiger partial charge in [0.1, 0.15) is 5.00 Å². The third kappa shape index (κ3) is 6.18. The Morgan fingerprint density at radius 1 is 1.24 bits per heavy atom. The van der Waals surface area contributed by atoms with Crippen LogP contribution in [0.4, 0.5) is 5.00 Å². The molecule has 1 aliphatic heterocycles. The zero-order chi connectivity index (χ0) is 24.3. The Kier molecular flexibility index (Phi) is 7.90. The summed E-state index contributed by atoms with van der Waals surface area (Å²) in [4.78, 5) is 41.4. The molecule has 0 spiro atoms. The van der Waals surface area contributed by atoms with E-state index < -0.39 is 5.97 Å². The van der Waals surface area contributed by atoms with Crippen LogP contribution in [0.5, 0.6) is 0 Å². The number of thiophene rings is 1. The lowest BCUT2D eigenvalue weighted by atomic mass is 9.84. The molecule has 0 aliphatic carbocycles. The Hall–Kier alpha value is -2.32. The van der Waals surface area contributed by atoms with E-state index in [4.69, 9.17) is 0 Å². The van der Waals surface area contributed by atoms with E-state index in [1.165, 1.54) is 23.1 Å². The summed E-state index contributed by atoms with van der Waals surface area (Å²) in [6, 6.07) is 7.51. The number of carbonyl (C=O) groups is 3. The molecule has 1 atom stereocenters. The molecular weight excluding hydrogens is 456 g/mol. The summed E-state index contributed by atoms with van der Waals surface area (Å²) in [7, 11) is 0. The first-order valence-electron chi connectivity index (χ1n) is 11.1. The van der Waals surface area contributed by atoms with Crippen molar-refractivity contribution in [2.24, 2.45) is 11.3 Å². The fraction of sp³-hybridized carbons (Fsp3) is 0.480. The number of hydrogen-bond donors (Lipinski definition) is 2. The molecule has 8 heteroatoms. The average molecular weight is 489 g/mol. The van der Waals surface area contributed by atoms with Gasteiger partial charge in [0.25, 0.3) is 5.91 Å². The Balaban J connectivity index is 1.78. The van der Waals surface area contributed by atoms with Gasteiger partial charge >= 0.3 is 5.97 Å². The predicted octanol–water partition coefficient (Wildman–Crippen LogP) is 5.77. The van der Waals surface area contributed by atoms with Gasteiger partial charge in [-0.2, -0.15) is 0 Å². The van der Waals surface area contributed by atoms with E-state index in [2.05, 4.69) is 26.1 Å². The minimum atomic E-state index is -1.04. The van der Waals surface area contributed by atoms with Crippen molar-refractivity contribution in [1.82, 2.24) is 4.90 Å². The number of anilines is 1. The quantitative estimate of drug-likeness (QED) is 0.483. The van der Waals surface area contributed by atoms with Crippen LogP contribution in [0.2, 0.25) is 0 Å². The Morgan fingerprint density at radius 2 is 1.94 bits per heavy atom. The summed E-state index contributed by atoms with van der Waals surface area (Å²) in [6.45, 7) is 9.25. The number of carbonyl (C=O) groups excluding carboxylic acids is 2. The molecule has 2 N–H and O–H groups in total. The lowest BCUT2D eigenvalue weighted by Gasteiger charge is -2.27. The van der Waals surface area contributed by atoms with Gasteiger partial charge in [-0.15, -0.1) is 23.1 Å². The molecule has 33 heavy (non-hydrogen) atoms. The minimum Gasteiger partial charge on any atom is -0.478 e. The smallest absolute Gasteiger partial charge is 0.339 e. The topological polar surface area (TPSA) is 86.7 Å². The molecule has 2 heterocycles. The number of nitrogens with zero attached hydrogens (tertiary/aromatic N) is 1. The van der Waals surface area contributed by atoms with Crippen molar-refractivity contribution in [2.45, 2.75) is 58.4 Å². The molecule has 1 aromatic heterocycles. The summed E-state index contributed by atoms with van der Waals surface area (Å²) in [5, 5.41) is 13.1. The fourth-order valence-electron chi connectivity index (χ4n) is 4.49. The van der Waals surface area contributed by atoms with Gasteiger partial charge in [-0.3, -0.25) is 9.59 Å². The van der Waals surface area contributed by atoms with Crippen molar-refractivity contribution >= 4 is 45.9 Å². The van der Waals surface area contributed by atoms with Crippen LogP contribution in [0.1, 0.15) is 71.7 Å². The molecule has 0 saturated heterocycles. The molecule has 0 fully saturated rings. The number of rotatable bonds is 7. The second-order valence-corrected chi connectivity index (χ2v) is 11.8. The maximum atomic E-state index is 13.2. The standard InChI is InChI=1S/C25H32N2O4S2/c1-15(13-25(2,3)4)12-20(28)26-22-21(24(30)31)16-10-11-27(14-19(16)33-22)23(29)17-8-6-7-9-18(17)32-5/h6-9,15H,10-14H2,1-5H3,(H,26,28)(H,30,31). The van der Waals surface area contributed by atoms with Gasteiger partial charge in [0.15, 0.2) is 0 Å². The van der Waals surface area contributed by atoms with Gasteiger partial charge in [-0.25, -0.2) is 4.79 Å². The molecule has 1 aliphatic rings. The highest BCUT2D eigenvalue weighted by Gasteiger charge is 2.31. The number of aromatic carboxylic acids is 1. The van der Waals surface area contributed by atoms with Crippen LogP contribution in [-0.2, 0) is 17.8 Å². The van der Waals surface area contributed by atoms with E-state index in [9.17, 15) is 19.5 Å². The zero-order valence-corrected chi connectivity index (χ0v) is 21.5. The van der Waals surface area contributed by atoms with Crippen LogP contribution in [0.25, 0.3) is 0 Å². The van der Waals surface area contributed by atoms with E-state index in [0.717, 1.165) is 21.8 Å². The van der Waals surface area contributed by atoms with Crippen LogP contribution in [0.3, 0.4) is 0 Å². The van der Waals surface area contributed by atoms with E-state index in [1.807, 2.05) is 37.4 Å². The number of fused-ring (bicyclic) bond motifs is 1. The van der Waals surface area contributed by atoms with Crippen LogP contribution < -0.4 is 5.32 Å². The molecule has 0 radical (unpaired) electrons. The zero-order valence-electron chi connectivity index (χ0n) is 19.9.